The average molecular weight is 367 g/mol. The average Bonchev–Trinajstić information content (AvgIpc) is 3.47. The monoisotopic (exact) mass is 367 g/mol. The maximum absolute atomic E-state index is 11.8. The van der Waals surface area contributed by atoms with Gasteiger partial charge in [0.2, 0.25) is 6.41 Å². The second-order valence-corrected chi connectivity index (χ2v) is 6.38. The summed E-state index contributed by atoms with van der Waals surface area (Å²) in [5, 5.41) is 10.3. The summed E-state index contributed by atoms with van der Waals surface area (Å²) in [5.41, 5.74) is 4.53. The van der Waals surface area contributed by atoms with E-state index in [0.717, 1.165) is 29.1 Å². The van der Waals surface area contributed by atoms with E-state index >= 15 is 0 Å². The Morgan fingerprint density at radius 3 is 1.89 bits per heavy atom. The van der Waals surface area contributed by atoms with Crippen molar-refractivity contribution in [1.82, 2.24) is 4.57 Å². The van der Waals surface area contributed by atoms with Crippen molar-refractivity contribution >= 4 is 42.0 Å². The fourth-order valence-corrected chi connectivity index (χ4v) is 3.24. The lowest BCUT2D eigenvalue weighted by molar-refractivity contribution is 0.539. The van der Waals surface area contributed by atoms with E-state index in [-0.39, 0.29) is 11.3 Å². The first kappa shape index (κ1) is 15.0. The minimum Gasteiger partial charge on any atom is -0.515 e. The molecular weight excluding hydrogens is 352 g/mol. The lowest BCUT2D eigenvalue weighted by Gasteiger charge is -1.98. The molecule has 1 N–H and O–H groups in total. The number of carbonyl (C=O) groups excluding carboxylic acids is 1. The standard InChI is InChI=1S/C22H14N4O2/c27-12-14-7-21-10-19-5-3-17(24-19)8-15-1-2-16(23-15)9-18-4-6-20(25-18)11-22(14)26(21)13-28/h1-13,27H/i7D. The van der Waals surface area contributed by atoms with Crippen LogP contribution in [-0.2, 0) is 4.79 Å². The van der Waals surface area contributed by atoms with Crippen molar-refractivity contribution in [3.8, 4) is 0 Å². The van der Waals surface area contributed by atoms with Crippen LogP contribution in [0.5, 0.6) is 0 Å². The number of fused-ring (bicyclic) bond motifs is 5. The molecule has 134 valence electrons. The van der Waals surface area contributed by atoms with Crippen LogP contribution in [0.15, 0.2) is 86.7 Å². The van der Waals surface area contributed by atoms with Gasteiger partial charge in [0.15, 0.2) is 0 Å². The van der Waals surface area contributed by atoms with Crippen LogP contribution in [0.2, 0.25) is 0 Å². The van der Waals surface area contributed by atoms with Gasteiger partial charge in [-0.2, -0.15) is 0 Å². The van der Waals surface area contributed by atoms with E-state index in [1.165, 1.54) is 4.57 Å². The fraction of sp³-hybridized carbons (Fsp3) is 0. The zero-order valence-electron chi connectivity index (χ0n) is 15.6. The Labute approximate surface area is 161 Å². The number of hydrogen-bond acceptors (Lipinski definition) is 5. The zero-order valence-corrected chi connectivity index (χ0v) is 14.6. The molecule has 4 aliphatic heterocycles. The number of rotatable bonds is 1. The molecule has 1 aromatic rings. The van der Waals surface area contributed by atoms with E-state index < -0.39 is 0 Å². The molecule has 0 fully saturated rings. The van der Waals surface area contributed by atoms with Crippen molar-refractivity contribution in [3.63, 3.8) is 0 Å². The van der Waals surface area contributed by atoms with Crippen LogP contribution in [0.4, 0.5) is 0 Å². The minimum atomic E-state index is 0.0314. The number of aliphatic imine (C=N–C) groups is 3. The second kappa shape index (κ2) is 6.28. The first-order chi connectivity index (χ1) is 14.1. The Hall–Kier alpha value is -4.06. The summed E-state index contributed by atoms with van der Waals surface area (Å²) in [7, 11) is 0. The third-order valence-corrected chi connectivity index (χ3v) is 4.50. The van der Waals surface area contributed by atoms with Gasteiger partial charge in [-0.3, -0.25) is 9.36 Å². The Morgan fingerprint density at radius 1 is 0.821 bits per heavy atom. The fourth-order valence-electron chi connectivity index (χ4n) is 3.24. The summed E-state index contributed by atoms with van der Waals surface area (Å²) in [6.07, 6.45) is 19.6. The predicted octanol–water partition coefficient (Wildman–Crippen LogP) is 1.76. The van der Waals surface area contributed by atoms with E-state index in [2.05, 4.69) is 15.0 Å². The quantitative estimate of drug-likeness (QED) is 0.768. The van der Waals surface area contributed by atoms with Gasteiger partial charge in [0.25, 0.3) is 0 Å². The molecule has 0 saturated carbocycles. The van der Waals surface area contributed by atoms with Crippen LogP contribution in [0, 0.1) is 0 Å². The van der Waals surface area contributed by atoms with Crippen LogP contribution in [0.1, 0.15) is 7.06 Å². The minimum absolute atomic E-state index is 0.0314. The number of carbonyl (C=O) groups is 1. The highest BCUT2D eigenvalue weighted by atomic mass is 16.2. The molecule has 0 amide bonds. The number of aliphatic hydroxyl groups is 1. The van der Waals surface area contributed by atoms with Crippen molar-refractivity contribution < 1.29 is 11.3 Å². The molecule has 4 aliphatic rings. The summed E-state index contributed by atoms with van der Waals surface area (Å²) < 4.78 is 9.73. The van der Waals surface area contributed by atoms with E-state index in [0.29, 0.717) is 28.9 Å². The predicted molar refractivity (Wildman–Crippen MR) is 111 cm³/mol. The molecule has 0 atom stereocenters. The molecule has 0 saturated heterocycles. The second-order valence-electron chi connectivity index (χ2n) is 6.38. The number of aromatic nitrogens is 1. The molecule has 0 unspecified atom stereocenters. The number of hydrogen-bond donors (Lipinski definition) is 1. The summed E-state index contributed by atoms with van der Waals surface area (Å²) in [6.45, 7) is 0. The van der Waals surface area contributed by atoms with Crippen molar-refractivity contribution in [2.24, 2.45) is 15.0 Å². The molecule has 6 heteroatoms. The third-order valence-electron chi connectivity index (χ3n) is 4.50. The largest absolute Gasteiger partial charge is 0.515 e. The smallest absolute Gasteiger partial charge is 0.218 e. The van der Waals surface area contributed by atoms with E-state index in [1.807, 2.05) is 36.5 Å². The highest BCUT2D eigenvalue weighted by molar-refractivity contribution is 6.20. The molecule has 0 spiro atoms. The third kappa shape index (κ3) is 2.77. The van der Waals surface area contributed by atoms with Crippen molar-refractivity contribution in [2.45, 2.75) is 0 Å². The van der Waals surface area contributed by atoms with Crippen molar-refractivity contribution in [1.29, 1.82) is 0 Å². The summed E-state index contributed by atoms with van der Waals surface area (Å²) in [6, 6.07) is 0.0314. The van der Waals surface area contributed by atoms with Crippen LogP contribution in [-0.4, -0.2) is 33.2 Å². The molecule has 8 bridgehead atoms. The molecule has 5 rings (SSSR count). The highest BCUT2D eigenvalue weighted by Crippen LogP contribution is 2.18. The van der Waals surface area contributed by atoms with E-state index in [1.54, 1.807) is 24.3 Å². The Bertz CT molecular complexity index is 1370. The summed E-state index contributed by atoms with van der Waals surface area (Å²) in [4.78, 5) is 25.5. The van der Waals surface area contributed by atoms with Gasteiger partial charge in [-0.25, -0.2) is 15.0 Å². The highest BCUT2D eigenvalue weighted by Gasteiger charge is 2.11. The molecule has 28 heavy (non-hydrogen) atoms. The topological polar surface area (TPSA) is 79.3 Å². The zero-order chi connectivity index (χ0) is 20.0. The van der Waals surface area contributed by atoms with Crippen molar-refractivity contribution in [3.05, 3.63) is 88.0 Å². The van der Waals surface area contributed by atoms with E-state index in [4.69, 9.17) is 1.37 Å². The van der Waals surface area contributed by atoms with Gasteiger partial charge in [0.05, 0.1) is 52.9 Å². The number of aliphatic hydroxyl groups excluding tert-OH is 1. The van der Waals surface area contributed by atoms with E-state index in [9.17, 15) is 9.90 Å². The van der Waals surface area contributed by atoms with Crippen molar-refractivity contribution in [2.75, 3.05) is 0 Å². The molecule has 1 aromatic heterocycles. The van der Waals surface area contributed by atoms with Gasteiger partial charge in [0.1, 0.15) is 0 Å². The molecular formula is C22H14N4O2. The van der Waals surface area contributed by atoms with Gasteiger partial charge < -0.3 is 5.11 Å². The maximum Gasteiger partial charge on any atom is 0.218 e. The Morgan fingerprint density at radius 2 is 1.36 bits per heavy atom. The molecule has 6 nitrogen and oxygen atoms in total. The SMILES string of the molecule is [2H]c1c2n(C=O)c(c1=CO)=CC1=NC(=CC3=NC(=CC4=NC(=C2)C=C4)C=C3)C=C1. The van der Waals surface area contributed by atoms with Gasteiger partial charge in [-0.15, -0.1) is 0 Å². The first-order valence-corrected chi connectivity index (χ1v) is 8.62. The van der Waals surface area contributed by atoms with Crippen LogP contribution in [0.3, 0.4) is 0 Å². The first-order valence-electron chi connectivity index (χ1n) is 9.12. The van der Waals surface area contributed by atoms with Gasteiger partial charge >= 0.3 is 0 Å². The molecule has 0 aromatic carbocycles. The van der Waals surface area contributed by atoms with Crippen LogP contribution in [0.25, 0.3) is 18.4 Å². The van der Waals surface area contributed by atoms with Crippen LogP contribution < -0.4 is 10.6 Å². The molecule has 0 aliphatic carbocycles. The number of nitrogens with zero attached hydrogens (tertiary/aromatic N) is 4. The Kier molecular flexibility index (Phi) is 3.37. The lowest BCUT2D eigenvalue weighted by atomic mass is 10.2. The van der Waals surface area contributed by atoms with Gasteiger partial charge in [-0.1, -0.05) is 0 Å². The van der Waals surface area contributed by atoms with Gasteiger partial charge in [0, 0.05) is 5.22 Å². The normalized spacial score (nSPS) is 20.1. The van der Waals surface area contributed by atoms with Crippen LogP contribution >= 0.6 is 0 Å². The summed E-state index contributed by atoms with van der Waals surface area (Å²) >= 11 is 0. The summed E-state index contributed by atoms with van der Waals surface area (Å²) in [5.74, 6) is 0. The Balaban J connectivity index is 1.83. The molecule has 5 heterocycles. The number of allylic oxidation sites excluding steroid dienone is 8. The van der Waals surface area contributed by atoms with Gasteiger partial charge in [-0.05, 0) is 66.8 Å². The lowest BCUT2D eigenvalue weighted by Crippen LogP contribution is -2.30. The molecule has 0 radical (unpaired) electrons. The maximum atomic E-state index is 11.8.